The number of halogens is 5. The lowest BCUT2D eigenvalue weighted by Crippen LogP contribution is -2.48. The fourth-order valence-electron chi connectivity index (χ4n) is 4.96. The highest BCUT2D eigenvalue weighted by atomic mass is 32.2. The average Bonchev–Trinajstić information content (AvgIpc) is 3.02. The summed E-state index contributed by atoms with van der Waals surface area (Å²) in [5.74, 6) is -3.14. The summed E-state index contributed by atoms with van der Waals surface area (Å²) in [6, 6.07) is 5.24. The molecule has 1 aliphatic heterocycles. The number of methoxy groups -OCH3 is 1. The van der Waals surface area contributed by atoms with Gasteiger partial charge in [-0.2, -0.15) is 13.2 Å². The molecule has 0 aliphatic carbocycles. The SMILES string of the molecule is COc1ncc(-c2cc(C(F)(F)F)c3ncnc(N4CCN(C(=O)/C=C/C(C)=O)CC4)c3c2)cc1NS(=O)(=O)c1ccc(F)cc1F. The molecule has 2 aromatic heterocycles. The number of hydrogen-bond acceptors (Lipinski definition) is 9. The van der Waals surface area contributed by atoms with Crippen molar-refractivity contribution in [3.05, 3.63) is 78.3 Å². The molecule has 2 aromatic carbocycles. The molecule has 0 atom stereocenters. The van der Waals surface area contributed by atoms with E-state index >= 15 is 0 Å². The van der Waals surface area contributed by atoms with Gasteiger partial charge in [0.25, 0.3) is 10.0 Å². The van der Waals surface area contributed by atoms with Gasteiger partial charge in [-0.05, 0) is 48.9 Å². The van der Waals surface area contributed by atoms with Crippen LogP contribution in [0.2, 0.25) is 0 Å². The first kappa shape index (κ1) is 33.2. The first-order chi connectivity index (χ1) is 22.2. The Bertz CT molecular complexity index is 2010. The third-order valence-electron chi connectivity index (χ3n) is 7.18. The Hall–Kier alpha value is -5.19. The lowest BCUT2D eigenvalue weighted by molar-refractivity contribution is -0.136. The number of amides is 1. The maximum atomic E-state index is 14.4. The maximum absolute atomic E-state index is 14.4. The van der Waals surface area contributed by atoms with Gasteiger partial charge < -0.3 is 14.5 Å². The van der Waals surface area contributed by atoms with Crippen molar-refractivity contribution in [1.29, 1.82) is 0 Å². The van der Waals surface area contributed by atoms with Gasteiger partial charge in [0.1, 0.15) is 34.4 Å². The van der Waals surface area contributed by atoms with Crippen LogP contribution in [0.3, 0.4) is 0 Å². The number of anilines is 2. The number of rotatable bonds is 8. The molecular formula is C30H25F5N6O5S. The van der Waals surface area contributed by atoms with E-state index in [9.17, 15) is 40.0 Å². The van der Waals surface area contributed by atoms with Crippen LogP contribution in [0.25, 0.3) is 22.0 Å². The molecule has 1 amide bonds. The van der Waals surface area contributed by atoms with Gasteiger partial charge in [0, 0.05) is 55.5 Å². The molecule has 246 valence electrons. The Kier molecular flexibility index (Phi) is 9.11. The Morgan fingerprint density at radius 3 is 2.32 bits per heavy atom. The number of allylic oxidation sites excluding steroid dienone is 1. The average molecular weight is 677 g/mol. The van der Waals surface area contributed by atoms with Crippen LogP contribution in [-0.2, 0) is 25.8 Å². The first-order valence-electron chi connectivity index (χ1n) is 13.8. The zero-order valence-corrected chi connectivity index (χ0v) is 25.5. The second-order valence-corrected chi connectivity index (χ2v) is 12.0. The number of carbonyl (C=O) groups is 2. The molecule has 0 spiro atoms. The first-order valence-corrected chi connectivity index (χ1v) is 15.3. The van der Waals surface area contributed by atoms with Crippen molar-refractivity contribution in [3.8, 4) is 17.0 Å². The molecule has 0 saturated carbocycles. The number of sulfonamides is 1. The minimum absolute atomic E-state index is 0.0259. The van der Waals surface area contributed by atoms with Crippen LogP contribution in [0.5, 0.6) is 5.88 Å². The minimum Gasteiger partial charge on any atom is -0.480 e. The number of aromatic nitrogens is 3. The molecule has 0 unspecified atom stereocenters. The number of pyridine rings is 1. The number of benzene rings is 2. The van der Waals surface area contributed by atoms with Crippen LogP contribution in [0.15, 0.2) is 66.0 Å². The number of alkyl halides is 3. The highest BCUT2D eigenvalue weighted by Gasteiger charge is 2.35. The molecule has 0 bridgehead atoms. The monoisotopic (exact) mass is 676 g/mol. The van der Waals surface area contributed by atoms with Crippen LogP contribution in [0.4, 0.5) is 33.5 Å². The number of nitrogens with one attached hydrogen (secondary N) is 1. The van der Waals surface area contributed by atoms with E-state index in [-0.39, 0.29) is 77.3 Å². The smallest absolute Gasteiger partial charge is 0.418 e. The molecule has 0 radical (unpaired) electrons. The van der Waals surface area contributed by atoms with Crippen LogP contribution in [-0.4, -0.2) is 73.2 Å². The van der Waals surface area contributed by atoms with E-state index in [0.29, 0.717) is 6.07 Å². The Morgan fingerprint density at radius 2 is 1.68 bits per heavy atom. The van der Waals surface area contributed by atoms with Gasteiger partial charge in [-0.15, -0.1) is 0 Å². The van der Waals surface area contributed by atoms with Crippen molar-refractivity contribution >= 4 is 44.1 Å². The number of ketones is 1. The Labute approximate surface area is 264 Å². The van der Waals surface area contributed by atoms with E-state index in [1.54, 1.807) is 4.90 Å². The predicted molar refractivity (Wildman–Crippen MR) is 160 cm³/mol. The quantitative estimate of drug-likeness (QED) is 0.210. The summed E-state index contributed by atoms with van der Waals surface area (Å²) in [5, 5.41) is 0.0277. The summed E-state index contributed by atoms with van der Waals surface area (Å²) >= 11 is 0. The highest BCUT2D eigenvalue weighted by Crippen LogP contribution is 2.40. The van der Waals surface area contributed by atoms with Crippen molar-refractivity contribution in [2.75, 3.05) is 42.9 Å². The van der Waals surface area contributed by atoms with Gasteiger partial charge in [0.05, 0.1) is 18.2 Å². The fourth-order valence-corrected chi connectivity index (χ4v) is 6.07. The van der Waals surface area contributed by atoms with Crippen molar-refractivity contribution in [3.63, 3.8) is 0 Å². The standard InChI is InChI=1S/C30H25F5N6O5S/c1-17(42)3-6-26(43)40-7-9-41(10-8-40)28-21-11-18(12-22(30(33,34)35)27(21)37-16-38-28)19-13-24(29(46-2)36-15-19)39-47(44,45)25-5-4-20(31)14-23(25)32/h3-6,11-16,39H,7-10H2,1-2H3/b6-3+. The summed E-state index contributed by atoms with van der Waals surface area (Å²) in [6.07, 6.45) is -0.376. The van der Waals surface area contributed by atoms with Crippen LogP contribution in [0, 0.1) is 11.6 Å². The number of nitrogens with zero attached hydrogens (tertiary/aromatic N) is 5. The molecule has 1 saturated heterocycles. The lowest BCUT2D eigenvalue weighted by atomic mass is 9.99. The molecule has 11 nitrogen and oxygen atoms in total. The maximum Gasteiger partial charge on any atom is 0.418 e. The van der Waals surface area contributed by atoms with Gasteiger partial charge in [0.15, 0.2) is 5.78 Å². The summed E-state index contributed by atoms with van der Waals surface area (Å²) in [6.45, 7) is 2.15. The summed E-state index contributed by atoms with van der Waals surface area (Å²) in [5.41, 5.74) is -1.82. The molecule has 47 heavy (non-hydrogen) atoms. The van der Waals surface area contributed by atoms with Gasteiger partial charge in [-0.1, -0.05) is 0 Å². The summed E-state index contributed by atoms with van der Waals surface area (Å²) in [7, 11) is -3.49. The highest BCUT2D eigenvalue weighted by molar-refractivity contribution is 7.92. The molecule has 17 heteroatoms. The molecule has 1 fully saturated rings. The third-order valence-corrected chi connectivity index (χ3v) is 8.58. The number of hydrogen-bond donors (Lipinski definition) is 1. The second kappa shape index (κ2) is 12.9. The zero-order chi connectivity index (χ0) is 34.1. The lowest BCUT2D eigenvalue weighted by Gasteiger charge is -2.35. The molecule has 1 aliphatic rings. The van der Waals surface area contributed by atoms with Crippen LogP contribution < -0.4 is 14.4 Å². The van der Waals surface area contributed by atoms with Crippen molar-refractivity contribution in [2.45, 2.75) is 18.0 Å². The number of ether oxygens (including phenoxy) is 1. The van der Waals surface area contributed by atoms with E-state index < -0.39 is 38.3 Å². The van der Waals surface area contributed by atoms with E-state index in [1.807, 2.05) is 0 Å². The fraction of sp³-hybridized carbons (Fsp3) is 0.233. The van der Waals surface area contributed by atoms with E-state index in [4.69, 9.17) is 4.74 Å². The minimum atomic E-state index is -4.86. The normalized spacial score (nSPS) is 14.1. The molecule has 4 aromatic rings. The largest absolute Gasteiger partial charge is 0.480 e. The topological polar surface area (TPSA) is 135 Å². The third kappa shape index (κ3) is 7.14. The van der Waals surface area contributed by atoms with Gasteiger partial charge >= 0.3 is 6.18 Å². The van der Waals surface area contributed by atoms with E-state index in [1.165, 1.54) is 31.2 Å². The van der Waals surface area contributed by atoms with Crippen molar-refractivity contribution < 1.29 is 44.7 Å². The zero-order valence-electron chi connectivity index (χ0n) is 24.7. The molecule has 3 heterocycles. The van der Waals surface area contributed by atoms with Crippen LogP contribution in [0.1, 0.15) is 12.5 Å². The predicted octanol–water partition coefficient (Wildman–Crippen LogP) is 4.59. The number of carbonyl (C=O) groups excluding carboxylic acids is 2. The van der Waals surface area contributed by atoms with Crippen LogP contribution >= 0.6 is 0 Å². The van der Waals surface area contributed by atoms with E-state index in [2.05, 4.69) is 19.7 Å². The number of fused-ring (bicyclic) bond motifs is 1. The number of piperazine rings is 1. The van der Waals surface area contributed by atoms with Gasteiger partial charge in [-0.25, -0.2) is 32.2 Å². The second-order valence-electron chi connectivity index (χ2n) is 10.3. The van der Waals surface area contributed by atoms with Crippen molar-refractivity contribution in [2.24, 2.45) is 0 Å². The molecule has 5 rings (SSSR count). The molecule has 1 N–H and O–H groups in total. The summed E-state index contributed by atoms with van der Waals surface area (Å²) in [4.78, 5) is 38.1. The van der Waals surface area contributed by atoms with Gasteiger partial charge in [-0.3, -0.25) is 14.3 Å². The van der Waals surface area contributed by atoms with Gasteiger partial charge in [0.2, 0.25) is 11.8 Å². The molecular weight excluding hydrogens is 651 g/mol. The summed E-state index contributed by atoms with van der Waals surface area (Å²) < 4.78 is 104. The van der Waals surface area contributed by atoms with Crippen molar-refractivity contribution in [1.82, 2.24) is 19.9 Å². The Balaban J connectivity index is 1.55. The van der Waals surface area contributed by atoms with E-state index in [0.717, 1.165) is 42.7 Å². The Morgan fingerprint density at radius 1 is 0.957 bits per heavy atom.